The minimum atomic E-state index is -0.813. The summed E-state index contributed by atoms with van der Waals surface area (Å²) in [5, 5.41) is 6.42. The highest BCUT2D eigenvalue weighted by atomic mass is 16.2. The predicted molar refractivity (Wildman–Crippen MR) is 105 cm³/mol. The van der Waals surface area contributed by atoms with Crippen molar-refractivity contribution in [1.82, 2.24) is 5.43 Å². The SMILES string of the molecule is Cc1cc(C)cc(NC(=O)C(=O)N/N=C\c2ccc(C(C)(C)C)cc2)c1. The molecule has 0 saturated carbocycles. The number of amides is 2. The van der Waals surface area contributed by atoms with Crippen LogP contribution in [-0.4, -0.2) is 18.0 Å². The van der Waals surface area contributed by atoms with Crippen LogP contribution in [0, 0.1) is 13.8 Å². The number of nitrogens with zero attached hydrogens (tertiary/aromatic N) is 1. The van der Waals surface area contributed by atoms with Gasteiger partial charge in [-0.3, -0.25) is 9.59 Å². The summed E-state index contributed by atoms with van der Waals surface area (Å²) in [4.78, 5) is 23.8. The Bertz CT molecular complexity index is 811. The van der Waals surface area contributed by atoms with Gasteiger partial charge in [0.25, 0.3) is 0 Å². The Balaban J connectivity index is 1.92. The Morgan fingerprint density at radius 3 is 2.04 bits per heavy atom. The number of aryl methyl sites for hydroxylation is 2. The fourth-order valence-electron chi connectivity index (χ4n) is 2.52. The highest BCUT2D eigenvalue weighted by molar-refractivity contribution is 6.39. The lowest BCUT2D eigenvalue weighted by Crippen LogP contribution is -2.32. The van der Waals surface area contributed by atoms with Gasteiger partial charge in [0, 0.05) is 5.69 Å². The molecule has 5 heteroatoms. The summed E-state index contributed by atoms with van der Waals surface area (Å²) in [6.45, 7) is 10.3. The first-order valence-corrected chi connectivity index (χ1v) is 8.48. The molecule has 2 amide bonds. The van der Waals surface area contributed by atoms with Crippen LogP contribution in [0.25, 0.3) is 0 Å². The van der Waals surface area contributed by atoms with Crippen LogP contribution in [0.15, 0.2) is 47.6 Å². The smallest absolute Gasteiger partial charge is 0.318 e. The number of benzene rings is 2. The van der Waals surface area contributed by atoms with Crippen LogP contribution >= 0.6 is 0 Å². The standard InChI is InChI=1S/C21H25N3O2/c1-14-10-15(2)12-18(11-14)23-19(25)20(26)24-22-13-16-6-8-17(9-7-16)21(3,4)5/h6-13H,1-5H3,(H,23,25)(H,24,26)/b22-13-. The van der Waals surface area contributed by atoms with E-state index in [0.717, 1.165) is 16.7 Å². The molecule has 26 heavy (non-hydrogen) atoms. The fraction of sp³-hybridized carbons (Fsp3) is 0.286. The number of hydrogen-bond donors (Lipinski definition) is 2. The fourth-order valence-corrected chi connectivity index (χ4v) is 2.52. The molecule has 0 aliphatic rings. The highest BCUT2D eigenvalue weighted by Gasteiger charge is 2.14. The number of anilines is 1. The van der Waals surface area contributed by atoms with E-state index in [1.807, 2.05) is 44.2 Å². The number of rotatable bonds is 3. The molecule has 0 aliphatic heterocycles. The van der Waals surface area contributed by atoms with Gasteiger partial charge < -0.3 is 5.32 Å². The molecule has 5 nitrogen and oxygen atoms in total. The van der Waals surface area contributed by atoms with E-state index in [2.05, 4.69) is 36.6 Å². The molecule has 0 aromatic heterocycles. The molecule has 0 spiro atoms. The second-order valence-electron chi connectivity index (χ2n) is 7.40. The lowest BCUT2D eigenvalue weighted by Gasteiger charge is -2.18. The zero-order valence-corrected chi connectivity index (χ0v) is 15.9. The number of hydrogen-bond acceptors (Lipinski definition) is 3. The van der Waals surface area contributed by atoms with Crippen molar-refractivity contribution >= 4 is 23.7 Å². The van der Waals surface area contributed by atoms with E-state index in [1.165, 1.54) is 11.8 Å². The lowest BCUT2D eigenvalue weighted by molar-refractivity contribution is -0.136. The van der Waals surface area contributed by atoms with Crippen molar-refractivity contribution in [3.63, 3.8) is 0 Å². The molecule has 2 aromatic carbocycles. The van der Waals surface area contributed by atoms with Crippen molar-refractivity contribution in [1.29, 1.82) is 0 Å². The van der Waals surface area contributed by atoms with Gasteiger partial charge in [-0.15, -0.1) is 0 Å². The third-order valence-electron chi connectivity index (χ3n) is 3.84. The summed E-state index contributed by atoms with van der Waals surface area (Å²) in [6, 6.07) is 13.5. The van der Waals surface area contributed by atoms with E-state index in [9.17, 15) is 9.59 Å². The molecule has 0 radical (unpaired) electrons. The van der Waals surface area contributed by atoms with Crippen molar-refractivity contribution < 1.29 is 9.59 Å². The maximum atomic E-state index is 11.9. The molecule has 0 bridgehead atoms. The van der Waals surface area contributed by atoms with Crippen LogP contribution in [0.4, 0.5) is 5.69 Å². The van der Waals surface area contributed by atoms with Crippen molar-refractivity contribution in [2.75, 3.05) is 5.32 Å². The maximum absolute atomic E-state index is 11.9. The van der Waals surface area contributed by atoms with Gasteiger partial charge in [-0.25, -0.2) is 5.43 Å². The average Bonchev–Trinajstić information content (AvgIpc) is 2.53. The number of hydrazone groups is 1. The topological polar surface area (TPSA) is 70.6 Å². The lowest BCUT2D eigenvalue weighted by atomic mass is 9.87. The first-order chi connectivity index (χ1) is 12.1. The molecule has 0 aliphatic carbocycles. The minimum Gasteiger partial charge on any atom is -0.318 e. The summed E-state index contributed by atoms with van der Waals surface area (Å²) < 4.78 is 0. The quantitative estimate of drug-likeness (QED) is 0.503. The highest BCUT2D eigenvalue weighted by Crippen LogP contribution is 2.21. The van der Waals surface area contributed by atoms with Gasteiger partial charge in [0.05, 0.1) is 6.21 Å². The van der Waals surface area contributed by atoms with E-state index >= 15 is 0 Å². The van der Waals surface area contributed by atoms with Crippen LogP contribution in [0.3, 0.4) is 0 Å². The Morgan fingerprint density at radius 1 is 0.923 bits per heavy atom. The van der Waals surface area contributed by atoms with Gasteiger partial charge in [0.15, 0.2) is 0 Å². The molecule has 2 N–H and O–H groups in total. The number of carbonyl (C=O) groups excluding carboxylic acids is 2. The number of nitrogens with one attached hydrogen (secondary N) is 2. The van der Waals surface area contributed by atoms with Crippen molar-refractivity contribution in [2.45, 2.75) is 40.0 Å². The summed E-state index contributed by atoms with van der Waals surface area (Å²) in [5.74, 6) is -1.57. The molecular weight excluding hydrogens is 326 g/mol. The monoisotopic (exact) mass is 351 g/mol. The van der Waals surface area contributed by atoms with E-state index in [0.29, 0.717) is 5.69 Å². The van der Waals surface area contributed by atoms with E-state index < -0.39 is 11.8 Å². The van der Waals surface area contributed by atoms with Crippen molar-refractivity contribution in [2.24, 2.45) is 5.10 Å². The Morgan fingerprint density at radius 2 is 1.50 bits per heavy atom. The van der Waals surface area contributed by atoms with E-state index in [1.54, 1.807) is 12.1 Å². The normalized spacial score (nSPS) is 11.4. The minimum absolute atomic E-state index is 0.0795. The molecule has 0 fully saturated rings. The third-order valence-corrected chi connectivity index (χ3v) is 3.84. The molecule has 0 heterocycles. The zero-order valence-electron chi connectivity index (χ0n) is 15.9. The second-order valence-corrected chi connectivity index (χ2v) is 7.40. The van der Waals surface area contributed by atoms with Gasteiger partial charge in [-0.1, -0.05) is 51.1 Å². The van der Waals surface area contributed by atoms with Gasteiger partial charge in [-0.2, -0.15) is 5.10 Å². The van der Waals surface area contributed by atoms with Gasteiger partial charge in [-0.05, 0) is 53.6 Å². The first kappa shape index (κ1) is 19.4. The molecule has 0 atom stereocenters. The zero-order chi connectivity index (χ0) is 19.3. The third kappa shape index (κ3) is 5.55. The van der Waals surface area contributed by atoms with Crippen LogP contribution in [0.1, 0.15) is 43.0 Å². The summed E-state index contributed by atoms with van der Waals surface area (Å²) in [6.07, 6.45) is 1.51. The Labute approximate surface area is 154 Å². The molecule has 136 valence electrons. The largest absolute Gasteiger partial charge is 0.329 e. The molecule has 0 unspecified atom stereocenters. The first-order valence-electron chi connectivity index (χ1n) is 8.48. The predicted octanol–water partition coefficient (Wildman–Crippen LogP) is 3.69. The van der Waals surface area contributed by atoms with E-state index in [4.69, 9.17) is 0 Å². The van der Waals surface area contributed by atoms with Crippen molar-refractivity contribution in [3.05, 3.63) is 64.7 Å². The van der Waals surface area contributed by atoms with Gasteiger partial charge in [0.1, 0.15) is 0 Å². The average molecular weight is 351 g/mol. The molecule has 2 rings (SSSR count). The second kappa shape index (κ2) is 7.95. The molecule has 2 aromatic rings. The Hall–Kier alpha value is -2.95. The maximum Gasteiger partial charge on any atom is 0.329 e. The summed E-state index contributed by atoms with van der Waals surface area (Å²) in [5.41, 5.74) is 6.99. The molecule has 0 saturated heterocycles. The van der Waals surface area contributed by atoms with Crippen LogP contribution < -0.4 is 10.7 Å². The van der Waals surface area contributed by atoms with Crippen molar-refractivity contribution in [3.8, 4) is 0 Å². The van der Waals surface area contributed by atoms with Crippen LogP contribution in [-0.2, 0) is 15.0 Å². The van der Waals surface area contributed by atoms with E-state index in [-0.39, 0.29) is 5.41 Å². The summed E-state index contributed by atoms with van der Waals surface area (Å²) in [7, 11) is 0. The number of carbonyl (C=O) groups is 2. The van der Waals surface area contributed by atoms with Crippen LogP contribution in [0.2, 0.25) is 0 Å². The summed E-state index contributed by atoms with van der Waals surface area (Å²) >= 11 is 0. The van der Waals surface area contributed by atoms with Crippen LogP contribution in [0.5, 0.6) is 0 Å². The van der Waals surface area contributed by atoms with Gasteiger partial charge in [0.2, 0.25) is 0 Å². The molecular formula is C21H25N3O2. The Kier molecular flexibility index (Phi) is 5.93. The van der Waals surface area contributed by atoms with Gasteiger partial charge >= 0.3 is 11.8 Å².